The molecule has 1 unspecified atom stereocenters. The van der Waals surface area contributed by atoms with E-state index >= 15 is 0 Å². The SMILES string of the molecule is C=CC(=O)N1CCN(c2cc(C(=O)NC(C)CN(C)C)nc3c2CCN(c2cccc4ccccc24)C3)CC1. The number of rotatable bonds is 7. The molecule has 0 bridgehead atoms. The lowest BCUT2D eigenvalue weighted by molar-refractivity contribution is -0.126. The molecule has 0 radical (unpaired) electrons. The van der Waals surface area contributed by atoms with Crippen molar-refractivity contribution in [2.45, 2.75) is 25.9 Å². The number of piperazine rings is 1. The molecule has 39 heavy (non-hydrogen) atoms. The number of aromatic nitrogens is 1. The van der Waals surface area contributed by atoms with Gasteiger partial charge in [0.25, 0.3) is 5.91 Å². The average molecular weight is 527 g/mol. The van der Waals surface area contributed by atoms with Crippen molar-refractivity contribution in [3.8, 4) is 0 Å². The fourth-order valence-corrected chi connectivity index (χ4v) is 5.80. The number of likely N-dealkylation sites (N-methyl/N-ethyl adjacent to an activating group) is 1. The van der Waals surface area contributed by atoms with Crippen LogP contribution in [0.4, 0.5) is 11.4 Å². The Morgan fingerprint density at radius 3 is 2.51 bits per heavy atom. The molecule has 1 fully saturated rings. The number of hydrogen-bond acceptors (Lipinski definition) is 6. The van der Waals surface area contributed by atoms with Gasteiger partial charge in [-0.05, 0) is 51.0 Å². The van der Waals surface area contributed by atoms with Gasteiger partial charge in [-0.2, -0.15) is 0 Å². The van der Waals surface area contributed by atoms with E-state index in [1.807, 2.05) is 32.0 Å². The minimum Gasteiger partial charge on any atom is -0.368 e. The summed E-state index contributed by atoms with van der Waals surface area (Å²) in [6.07, 6.45) is 2.22. The topological polar surface area (TPSA) is 72.0 Å². The van der Waals surface area contributed by atoms with E-state index < -0.39 is 0 Å². The Bertz CT molecular complexity index is 1370. The molecule has 2 aliphatic heterocycles. The normalized spacial score (nSPS) is 16.3. The summed E-state index contributed by atoms with van der Waals surface area (Å²) in [5.41, 5.74) is 4.84. The molecule has 0 spiro atoms. The van der Waals surface area contributed by atoms with Crippen LogP contribution in [0.15, 0.2) is 61.2 Å². The Morgan fingerprint density at radius 1 is 1.03 bits per heavy atom. The van der Waals surface area contributed by atoms with Crippen LogP contribution in [0.3, 0.4) is 0 Å². The van der Waals surface area contributed by atoms with Crippen LogP contribution < -0.4 is 15.1 Å². The summed E-state index contributed by atoms with van der Waals surface area (Å²) in [5, 5.41) is 5.55. The van der Waals surface area contributed by atoms with Gasteiger partial charge in [0, 0.05) is 67.6 Å². The van der Waals surface area contributed by atoms with Crippen LogP contribution in [-0.4, -0.2) is 86.0 Å². The zero-order chi connectivity index (χ0) is 27.5. The minimum absolute atomic E-state index is 0.00516. The molecule has 3 heterocycles. The van der Waals surface area contributed by atoms with E-state index in [0.29, 0.717) is 38.4 Å². The van der Waals surface area contributed by atoms with Crippen LogP contribution in [0.2, 0.25) is 0 Å². The van der Waals surface area contributed by atoms with Gasteiger partial charge in [0.05, 0.1) is 12.2 Å². The van der Waals surface area contributed by atoms with Crippen molar-refractivity contribution in [1.29, 1.82) is 0 Å². The molecule has 1 aromatic heterocycles. The first-order chi connectivity index (χ1) is 18.8. The van der Waals surface area contributed by atoms with Gasteiger partial charge < -0.3 is 24.9 Å². The van der Waals surface area contributed by atoms with E-state index in [2.05, 4.69) is 69.1 Å². The van der Waals surface area contributed by atoms with Gasteiger partial charge in [-0.1, -0.05) is 43.0 Å². The first-order valence-electron chi connectivity index (χ1n) is 13.7. The Hall–Kier alpha value is -3.91. The molecule has 2 aliphatic rings. The molecule has 2 aromatic carbocycles. The third-order valence-electron chi connectivity index (χ3n) is 7.62. The van der Waals surface area contributed by atoms with Gasteiger partial charge in [-0.25, -0.2) is 4.98 Å². The van der Waals surface area contributed by atoms with Crippen molar-refractivity contribution in [3.63, 3.8) is 0 Å². The second kappa shape index (κ2) is 11.5. The number of carbonyl (C=O) groups is 2. The van der Waals surface area contributed by atoms with Crippen molar-refractivity contribution in [1.82, 2.24) is 20.1 Å². The van der Waals surface area contributed by atoms with Crippen LogP contribution in [0.25, 0.3) is 10.8 Å². The smallest absolute Gasteiger partial charge is 0.270 e. The number of amides is 2. The van der Waals surface area contributed by atoms with E-state index in [1.165, 1.54) is 28.1 Å². The lowest BCUT2D eigenvalue weighted by atomic mass is 9.98. The third-order valence-corrected chi connectivity index (χ3v) is 7.62. The quantitative estimate of drug-likeness (QED) is 0.477. The molecular weight excluding hydrogens is 488 g/mol. The minimum atomic E-state index is -0.156. The second-order valence-corrected chi connectivity index (χ2v) is 10.8. The van der Waals surface area contributed by atoms with E-state index in [0.717, 1.165) is 30.9 Å². The summed E-state index contributed by atoms with van der Waals surface area (Å²) in [4.78, 5) is 39.0. The first-order valence-corrected chi connectivity index (χ1v) is 13.7. The maximum atomic E-state index is 13.4. The molecule has 0 saturated carbocycles. The van der Waals surface area contributed by atoms with Crippen molar-refractivity contribution in [2.24, 2.45) is 0 Å². The molecule has 204 valence electrons. The van der Waals surface area contributed by atoms with E-state index in [9.17, 15) is 9.59 Å². The number of hydrogen-bond donors (Lipinski definition) is 1. The lowest BCUT2D eigenvalue weighted by Crippen LogP contribution is -2.49. The maximum absolute atomic E-state index is 13.4. The van der Waals surface area contributed by atoms with Crippen LogP contribution in [0, 0.1) is 0 Å². The zero-order valence-electron chi connectivity index (χ0n) is 23.2. The van der Waals surface area contributed by atoms with Crippen molar-refractivity contribution in [3.05, 3.63) is 78.1 Å². The predicted molar refractivity (Wildman–Crippen MR) is 157 cm³/mol. The monoisotopic (exact) mass is 526 g/mol. The maximum Gasteiger partial charge on any atom is 0.270 e. The summed E-state index contributed by atoms with van der Waals surface area (Å²) >= 11 is 0. The van der Waals surface area contributed by atoms with Gasteiger partial charge >= 0.3 is 0 Å². The van der Waals surface area contributed by atoms with Gasteiger partial charge in [-0.3, -0.25) is 9.59 Å². The average Bonchev–Trinajstić information content (AvgIpc) is 2.95. The Labute approximate surface area is 230 Å². The second-order valence-electron chi connectivity index (χ2n) is 10.8. The van der Waals surface area contributed by atoms with Crippen LogP contribution in [0.5, 0.6) is 0 Å². The van der Waals surface area contributed by atoms with Crippen molar-refractivity contribution in [2.75, 3.05) is 63.2 Å². The van der Waals surface area contributed by atoms with E-state index in [1.54, 1.807) is 0 Å². The van der Waals surface area contributed by atoms with Crippen LogP contribution >= 0.6 is 0 Å². The first kappa shape index (κ1) is 26.7. The van der Waals surface area contributed by atoms with Gasteiger partial charge in [0.2, 0.25) is 5.91 Å². The van der Waals surface area contributed by atoms with Crippen molar-refractivity contribution >= 4 is 34.0 Å². The number of nitrogens with zero attached hydrogens (tertiary/aromatic N) is 5. The lowest BCUT2D eigenvalue weighted by Gasteiger charge is -2.39. The number of benzene rings is 2. The largest absolute Gasteiger partial charge is 0.368 e. The highest BCUT2D eigenvalue weighted by Gasteiger charge is 2.28. The summed E-state index contributed by atoms with van der Waals surface area (Å²) in [5.74, 6) is -0.191. The molecule has 5 rings (SSSR count). The molecular formula is C31H38N6O2. The number of nitrogens with one attached hydrogen (secondary N) is 1. The number of anilines is 2. The van der Waals surface area contributed by atoms with Crippen LogP contribution in [-0.2, 0) is 17.8 Å². The summed E-state index contributed by atoms with van der Waals surface area (Å²) < 4.78 is 0. The Morgan fingerprint density at radius 2 is 1.77 bits per heavy atom. The molecule has 8 heteroatoms. The molecule has 2 amide bonds. The van der Waals surface area contributed by atoms with Gasteiger partial charge in [0.15, 0.2) is 0 Å². The molecule has 8 nitrogen and oxygen atoms in total. The standard InChI is InChI=1S/C31H38N6O2/c1-5-30(38)36-17-15-35(16-18-36)29-19-26(31(39)32-22(2)20-34(3)4)33-27-21-37(14-13-25(27)29)28-12-8-10-23-9-6-7-11-24(23)28/h5-12,19,22H,1,13-18,20-21H2,2-4H3,(H,32,39). The summed E-state index contributed by atoms with van der Waals surface area (Å²) in [6, 6.07) is 16.8. The van der Waals surface area contributed by atoms with E-state index in [4.69, 9.17) is 4.98 Å². The van der Waals surface area contributed by atoms with Gasteiger partial charge in [-0.15, -0.1) is 0 Å². The molecule has 1 N–H and O–H groups in total. The zero-order valence-corrected chi connectivity index (χ0v) is 23.2. The molecule has 3 aromatic rings. The third kappa shape index (κ3) is 5.76. The highest BCUT2D eigenvalue weighted by molar-refractivity contribution is 5.95. The van der Waals surface area contributed by atoms with Crippen molar-refractivity contribution < 1.29 is 9.59 Å². The Kier molecular flexibility index (Phi) is 7.84. The van der Waals surface area contributed by atoms with Gasteiger partial charge in [0.1, 0.15) is 5.69 Å². The molecule has 1 saturated heterocycles. The van der Waals surface area contributed by atoms with Crippen LogP contribution in [0.1, 0.15) is 28.7 Å². The highest BCUT2D eigenvalue weighted by atomic mass is 16.2. The number of fused-ring (bicyclic) bond motifs is 2. The summed E-state index contributed by atoms with van der Waals surface area (Å²) in [6.45, 7) is 10.6. The van der Waals surface area contributed by atoms with E-state index in [-0.39, 0.29) is 17.9 Å². The highest BCUT2D eigenvalue weighted by Crippen LogP contribution is 2.34. The number of pyridine rings is 1. The fraction of sp³-hybridized carbons (Fsp3) is 0.387. The molecule has 1 atom stereocenters. The fourth-order valence-electron chi connectivity index (χ4n) is 5.80. The number of carbonyl (C=O) groups excluding carboxylic acids is 2. The summed E-state index contributed by atoms with van der Waals surface area (Å²) in [7, 11) is 3.99. The predicted octanol–water partition coefficient (Wildman–Crippen LogP) is 3.31. The Balaban J connectivity index is 1.47. The molecule has 0 aliphatic carbocycles.